The van der Waals surface area contributed by atoms with Gasteiger partial charge in [-0.15, -0.1) is 0 Å². The third-order valence-corrected chi connectivity index (χ3v) is 23.9. The van der Waals surface area contributed by atoms with Crippen LogP contribution < -0.4 is 23.8 Å². The van der Waals surface area contributed by atoms with Gasteiger partial charge in [0.05, 0.1) is 27.9 Å². The monoisotopic (exact) mass is 1550 g/mol. The second kappa shape index (κ2) is 28.2. The van der Waals surface area contributed by atoms with E-state index in [0.717, 1.165) is 96.3 Å². The van der Waals surface area contributed by atoms with Gasteiger partial charge in [-0.05, 0) is 219 Å². The van der Waals surface area contributed by atoms with Crippen LogP contribution in [0.25, 0.3) is 75.4 Å². The number of hydrogen-bond donors (Lipinski definition) is 0. The number of carbonyl (C=O) groups excluding carboxylic acids is 5. The molecule has 598 valence electrons. The lowest BCUT2D eigenvalue weighted by Gasteiger charge is -2.34. The normalized spacial score (nSPS) is 14.3. The van der Waals surface area contributed by atoms with Crippen LogP contribution in [0.5, 0.6) is 46.0 Å². The Balaban J connectivity index is 1.09. The summed E-state index contributed by atoms with van der Waals surface area (Å²) in [6.07, 6.45) is 3.70. The molecule has 116 heavy (non-hydrogen) atoms. The summed E-state index contributed by atoms with van der Waals surface area (Å²) in [4.78, 5) is 78.5. The van der Waals surface area contributed by atoms with E-state index in [1.807, 2.05) is 78.9 Å². The molecule has 0 fully saturated rings. The molecule has 0 unspecified atom stereocenters. The van der Waals surface area contributed by atoms with Crippen LogP contribution >= 0.6 is 0 Å². The number of rotatable bonds is 22. The number of nitrogens with zero attached hydrogens (tertiary/aromatic N) is 2. The van der Waals surface area contributed by atoms with Crippen molar-refractivity contribution < 1.29 is 47.7 Å². The van der Waals surface area contributed by atoms with E-state index in [4.69, 9.17) is 23.7 Å². The summed E-state index contributed by atoms with van der Waals surface area (Å²) in [7, 11) is 0. The van der Waals surface area contributed by atoms with Gasteiger partial charge in [0.15, 0.2) is 6.73 Å². The zero-order valence-corrected chi connectivity index (χ0v) is 72.3. The van der Waals surface area contributed by atoms with Crippen LogP contribution in [0, 0.1) is 21.7 Å². The number of para-hydroxylation sites is 1. The van der Waals surface area contributed by atoms with E-state index in [2.05, 4.69) is 239 Å². The molecular formula is C104H112N2O10. The van der Waals surface area contributed by atoms with Crippen molar-refractivity contribution in [2.24, 2.45) is 21.7 Å². The SMILES string of the molecule is CC(C)c1cccc(C(C)C)c1N1C(=O)c2cc(Oc3ccc(C(C)(C)CC(C)(C)C)cc3)c3c4ccc5c6c(Oc7ccc(C(C)(C)CC(C)(C)C)cc7)cc7c8c(cc(Oc9ccc(C(C)(C)CC(C)(C)C)cc9)c(c9ccc(c%10c(Oc%11ccc(C(C)(C)CC(C)(C)C)cc%11)cc(c2c3%10)C1=O)c4c59)c86)C(=O)N(COC=O)C7=O. The fourth-order valence-corrected chi connectivity index (χ4v) is 20.6. The highest BCUT2D eigenvalue weighted by Gasteiger charge is 2.43. The van der Waals surface area contributed by atoms with Gasteiger partial charge >= 0.3 is 0 Å². The number of ether oxygens (including phenoxy) is 5. The van der Waals surface area contributed by atoms with Crippen molar-refractivity contribution in [2.45, 2.75) is 225 Å². The first kappa shape index (κ1) is 80.3. The van der Waals surface area contributed by atoms with Crippen molar-refractivity contribution in [3.8, 4) is 46.0 Å². The predicted octanol–water partition coefficient (Wildman–Crippen LogP) is 28.4. The van der Waals surface area contributed by atoms with Gasteiger partial charge in [-0.25, -0.2) is 9.80 Å². The molecule has 0 bridgehead atoms. The maximum absolute atomic E-state index is 16.6. The highest BCUT2D eigenvalue weighted by Crippen LogP contribution is 2.59. The lowest BCUT2D eigenvalue weighted by Crippen LogP contribution is -2.42. The van der Waals surface area contributed by atoms with Crippen molar-refractivity contribution in [3.05, 3.63) is 219 Å². The van der Waals surface area contributed by atoms with Crippen molar-refractivity contribution in [1.82, 2.24) is 4.90 Å². The van der Waals surface area contributed by atoms with Crippen LogP contribution in [-0.2, 0) is 31.2 Å². The number of hydrogen-bond acceptors (Lipinski definition) is 10. The minimum Gasteiger partial charge on any atom is -0.457 e. The molecule has 12 heteroatoms. The minimum atomic E-state index is -0.670. The third kappa shape index (κ3) is 14.4. The highest BCUT2D eigenvalue weighted by atomic mass is 16.5. The second-order valence-corrected chi connectivity index (χ2v) is 41.2. The van der Waals surface area contributed by atoms with E-state index in [1.54, 1.807) is 12.1 Å². The molecule has 0 radical (unpaired) electrons. The van der Waals surface area contributed by atoms with Crippen molar-refractivity contribution >= 4 is 111 Å². The summed E-state index contributed by atoms with van der Waals surface area (Å²) < 4.78 is 35.1. The molecule has 13 aromatic carbocycles. The molecule has 0 saturated carbocycles. The van der Waals surface area contributed by atoms with E-state index in [9.17, 15) is 4.79 Å². The Morgan fingerprint density at radius 1 is 0.310 bits per heavy atom. The molecule has 0 aliphatic carbocycles. The van der Waals surface area contributed by atoms with Crippen LogP contribution in [0.2, 0.25) is 0 Å². The fraction of sp³-hybridized carbons (Fsp3) is 0.375. The maximum Gasteiger partial charge on any atom is 0.294 e. The molecule has 2 aliphatic heterocycles. The Kier molecular flexibility index (Phi) is 19.5. The summed E-state index contributed by atoms with van der Waals surface area (Å²) in [6, 6.07) is 54.5. The molecule has 2 aliphatic rings. The first-order valence-corrected chi connectivity index (χ1v) is 41.3. The second-order valence-electron chi connectivity index (χ2n) is 41.2. The largest absolute Gasteiger partial charge is 0.457 e. The van der Waals surface area contributed by atoms with E-state index >= 15 is 19.2 Å². The fourth-order valence-electron chi connectivity index (χ4n) is 20.6. The van der Waals surface area contributed by atoms with Gasteiger partial charge in [-0.1, -0.05) is 257 Å². The summed E-state index contributed by atoms with van der Waals surface area (Å²) in [6.45, 7) is 53.2. The molecule has 15 rings (SSSR count). The van der Waals surface area contributed by atoms with Crippen LogP contribution in [0.15, 0.2) is 164 Å². The number of carbonyl (C=O) groups is 5. The Morgan fingerprint density at radius 3 is 0.793 bits per heavy atom. The zero-order valence-electron chi connectivity index (χ0n) is 72.3. The molecular weight excluding hydrogens is 1440 g/mol. The maximum atomic E-state index is 16.6. The average molecular weight is 1550 g/mol. The summed E-state index contributed by atoms with van der Waals surface area (Å²) >= 11 is 0. The Morgan fingerprint density at radius 2 is 0.560 bits per heavy atom. The van der Waals surface area contributed by atoms with Crippen LogP contribution in [-0.4, -0.2) is 41.7 Å². The smallest absolute Gasteiger partial charge is 0.294 e. The van der Waals surface area contributed by atoms with Crippen molar-refractivity contribution in [1.29, 1.82) is 0 Å². The third-order valence-electron chi connectivity index (χ3n) is 23.9. The van der Waals surface area contributed by atoms with Gasteiger partial charge in [-0.3, -0.25) is 24.0 Å². The number of benzene rings is 13. The molecule has 0 spiro atoms. The average Bonchev–Trinajstić information content (AvgIpc) is 0.669. The zero-order chi connectivity index (χ0) is 83.5. The molecule has 12 nitrogen and oxygen atoms in total. The molecule has 0 saturated heterocycles. The Bertz CT molecular complexity index is 5790. The first-order valence-electron chi connectivity index (χ1n) is 41.3. The number of amides is 4. The summed E-state index contributed by atoms with van der Waals surface area (Å²) in [5.41, 5.74) is 7.18. The van der Waals surface area contributed by atoms with Crippen molar-refractivity contribution in [3.63, 3.8) is 0 Å². The van der Waals surface area contributed by atoms with Crippen LogP contribution in [0.4, 0.5) is 5.69 Å². The van der Waals surface area contributed by atoms with Gasteiger partial charge in [0.1, 0.15) is 46.0 Å². The van der Waals surface area contributed by atoms with Crippen LogP contribution in [0.3, 0.4) is 0 Å². The van der Waals surface area contributed by atoms with E-state index in [-0.39, 0.29) is 72.8 Å². The van der Waals surface area contributed by atoms with E-state index in [1.165, 1.54) is 4.90 Å². The molecule has 4 amide bonds. The lowest BCUT2D eigenvalue weighted by atomic mass is 9.72. The van der Waals surface area contributed by atoms with Gasteiger partial charge in [0.25, 0.3) is 30.1 Å². The summed E-state index contributed by atoms with van der Waals surface area (Å²) in [5, 5.41) is 9.04. The topological polar surface area (TPSA) is 138 Å². The molecule has 0 aromatic heterocycles. The van der Waals surface area contributed by atoms with Gasteiger partial charge in [0.2, 0.25) is 0 Å². The number of imide groups is 2. The minimum absolute atomic E-state index is 0.0388. The summed E-state index contributed by atoms with van der Waals surface area (Å²) in [5.74, 6) is 1.07. The number of anilines is 1. The van der Waals surface area contributed by atoms with Gasteiger partial charge < -0.3 is 23.7 Å². The Hall–Kier alpha value is -10.9. The molecule has 13 aromatic rings. The Labute approximate surface area is 683 Å². The standard InChI is InChI=1S/C104H112N2O10/c1-58(2)68-26-25-27-69(59(3)4)92(68)106-95(110)76-50-80(115-66-40-32-62(33-41-66)103(21,22)54-99(11,12)13)88-72-46-44-70-82-71(45-47-73(83(72)82)89-81(51-77(96(106)111)85(76)91(88)89)116-67-42-34-63(35-43-67)104(23,24)55-100(14,15)16)87-79(114-65-38-30-61(31-39-65)102(19,20)53-98(8,9)10)49-75-84-74(93(108)105(94(75)109)56-112-57-107)48-78(86(70)90(84)87)113-64-36-28-60(29-37-64)101(17,18)52-97(5,6)7/h25-51,57-59H,52-56H2,1-24H3. The highest BCUT2D eigenvalue weighted by molar-refractivity contribution is 6.48. The van der Waals surface area contributed by atoms with Crippen molar-refractivity contribution in [2.75, 3.05) is 11.6 Å². The molecule has 2 heterocycles. The first-order chi connectivity index (χ1) is 54.2. The van der Waals surface area contributed by atoms with Gasteiger partial charge in [-0.2, -0.15) is 0 Å². The lowest BCUT2D eigenvalue weighted by molar-refractivity contribution is -0.131. The van der Waals surface area contributed by atoms with E-state index in [0.29, 0.717) is 106 Å². The predicted molar refractivity (Wildman–Crippen MR) is 474 cm³/mol. The number of fused-ring (bicyclic) bond motifs is 4. The quantitative estimate of drug-likeness (QED) is 0.0279. The van der Waals surface area contributed by atoms with Crippen LogP contribution in [0.1, 0.15) is 279 Å². The van der Waals surface area contributed by atoms with Gasteiger partial charge in [0, 0.05) is 43.1 Å². The molecule has 0 N–H and O–H groups in total. The molecule has 0 atom stereocenters. The van der Waals surface area contributed by atoms with E-state index < -0.39 is 30.4 Å².